The Balaban J connectivity index is 1.67. The van der Waals surface area contributed by atoms with Gasteiger partial charge < -0.3 is 10.6 Å². The molecule has 0 aliphatic heterocycles. The SMILES string of the molecule is N#Cc1ccc(C(=O)NCCCNC2CC2)cc1. The molecule has 0 atom stereocenters. The Kier molecular flexibility index (Phi) is 4.32. The van der Waals surface area contributed by atoms with Gasteiger partial charge in [-0.2, -0.15) is 5.26 Å². The zero-order valence-corrected chi connectivity index (χ0v) is 10.3. The van der Waals surface area contributed by atoms with Gasteiger partial charge in [0, 0.05) is 18.2 Å². The highest BCUT2D eigenvalue weighted by Crippen LogP contribution is 2.18. The van der Waals surface area contributed by atoms with Crippen LogP contribution in [0.1, 0.15) is 35.2 Å². The minimum Gasteiger partial charge on any atom is -0.352 e. The van der Waals surface area contributed by atoms with Crippen molar-refractivity contribution in [2.75, 3.05) is 13.1 Å². The fourth-order valence-corrected chi connectivity index (χ4v) is 1.68. The number of benzene rings is 1. The monoisotopic (exact) mass is 243 g/mol. The molecule has 0 radical (unpaired) electrons. The molecule has 0 heterocycles. The molecule has 1 saturated carbocycles. The smallest absolute Gasteiger partial charge is 0.251 e. The van der Waals surface area contributed by atoms with Crippen molar-refractivity contribution in [3.63, 3.8) is 0 Å². The largest absolute Gasteiger partial charge is 0.352 e. The fraction of sp³-hybridized carbons (Fsp3) is 0.429. The minimum atomic E-state index is -0.0779. The van der Waals surface area contributed by atoms with Crippen LogP contribution in [-0.4, -0.2) is 25.0 Å². The highest BCUT2D eigenvalue weighted by molar-refractivity contribution is 5.94. The summed E-state index contributed by atoms with van der Waals surface area (Å²) < 4.78 is 0. The van der Waals surface area contributed by atoms with Crippen LogP contribution in [0.4, 0.5) is 0 Å². The van der Waals surface area contributed by atoms with Crippen LogP contribution in [0, 0.1) is 11.3 Å². The number of hydrogen-bond acceptors (Lipinski definition) is 3. The molecule has 0 bridgehead atoms. The van der Waals surface area contributed by atoms with E-state index in [-0.39, 0.29) is 5.91 Å². The van der Waals surface area contributed by atoms with Gasteiger partial charge >= 0.3 is 0 Å². The quantitative estimate of drug-likeness (QED) is 0.743. The van der Waals surface area contributed by atoms with Crippen molar-refractivity contribution in [1.82, 2.24) is 10.6 Å². The number of rotatable bonds is 6. The second-order valence-electron chi connectivity index (χ2n) is 4.53. The van der Waals surface area contributed by atoms with E-state index in [0.717, 1.165) is 19.0 Å². The number of carbonyl (C=O) groups excluding carboxylic acids is 1. The second kappa shape index (κ2) is 6.18. The predicted molar refractivity (Wildman–Crippen MR) is 69.1 cm³/mol. The van der Waals surface area contributed by atoms with Crippen molar-refractivity contribution in [2.45, 2.75) is 25.3 Å². The van der Waals surface area contributed by atoms with Crippen LogP contribution in [0.3, 0.4) is 0 Å². The van der Waals surface area contributed by atoms with Gasteiger partial charge in [0.2, 0.25) is 0 Å². The van der Waals surface area contributed by atoms with Gasteiger partial charge in [-0.05, 0) is 50.1 Å². The maximum absolute atomic E-state index is 11.7. The Bertz CT molecular complexity index is 443. The van der Waals surface area contributed by atoms with E-state index < -0.39 is 0 Å². The summed E-state index contributed by atoms with van der Waals surface area (Å²) in [6, 6.07) is 9.42. The summed E-state index contributed by atoms with van der Waals surface area (Å²) in [5, 5.41) is 14.9. The molecule has 2 rings (SSSR count). The molecule has 1 aliphatic rings. The Hall–Kier alpha value is -1.86. The molecule has 18 heavy (non-hydrogen) atoms. The van der Waals surface area contributed by atoms with Gasteiger partial charge in [0.05, 0.1) is 11.6 Å². The Morgan fingerprint density at radius 1 is 1.28 bits per heavy atom. The fourth-order valence-electron chi connectivity index (χ4n) is 1.68. The third-order valence-electron chi connectivity index (χ3n) is 2.93. The highest BCUT2D eigenvalue weighted by Gasteiger charge is 2.19. The first-order valence-corrected chi connectivity index (χ1v) is 6.31. The molecular formula is C14H17N3O. The number of nitrogens with one attached hydrogen (secondary N) is 2. The average Bonchev–Trinajstić information content (AvgIpc) is 3.22. The van der Waals surface area contributed by atoms with Crippen molar-refractivity contribution < 1.29 is 4.79 Å². The van der Waals surface area contributed by atoms with E-state index in [1.54, 1.807) is 24.3 Å². The second-order valence-corrected chi connectivity index (χ2v) is 4.53. The third kappa shape index (κ3) is 3.86. The molecule has 0 saturated heterocycles. The zero-order chi connectivity index (χ0) is 12.8. The lowest BCUT2D eigenvalue weighted by atomic mass is 10.1. The summed E-state index contributed by atoms with van der Waals surface area (Å²) in [5.74, 6) is -0.0779. The van der Waals surface area contributed by atoms with Crippen LogP contribution in [0.25, 0.3) is 0 Å². The molecule has 4 heteroatoms. The Morgan fingerprint density at radius 3 is 2.61 bits per heavy atom. The van der Waals surface area contributed by atoms with Crippen LogP contribution in [0.5, 0.6) is 0 Å². The van der Waals surface area contributed by atoms with Gasteiger partial charge in [-0.15, -0.1) is 0 Å². The summed E-state index contributed by atoms with van der Waals surface area (Å²) in [6.45, 7) is 1.64. The molecular weight excluding hydrogens is 226 g/mol. The molecule has 1 aromatic rings. The number of hydrogen-bond donors (Lipinski definition) is 2. The summed E-state index contributed by atoms with van der Waals surface area (Å²) >= 11 is 0. The summed E-state index contributed by atoms with van der Waals surface area (Å²) in [5.41, 5.74) is 1.17. The van der Waals surface area contributed by atoms with E-state index in [0.29, 0.717) is 17.7 Å². The standard InChI is InChI=1S/C14H17N3O/c15-10-11-2-4-12(5-3-11)14(18)17-9-1-8-16-13-6-7-13/h2-5,13,16H,1,6-9H2,(H,17,18). The predicted octanol–water partition coefficient (Wildman–Crippen LogP) is 1.43. The van der Waals surface area contributed by atoms with Gasteiger partial charge in [-0.1, -0.05) is 0 Å². The van der Waals surface area contributed by atoms with Crippen molar-refractivity contribution >= 4 is 5.91 Å². The topological polar surface area (TPSA) is 64.9 Å². The molecule has 1 amide bonds. The van der Waals surface area contributed by atoms with Crippen molar-refractivity contribution in [2.24, 2.45) is 0 Å². The maximum atomic E-state index is 11.7. The number of carbonyl (C=O) groups is 1. The van der Waals surface area contributed by atoms with Gasteiger partial charge in [-0.25, -0.2) is 0 Å². The van der Waals surface area contributed by atoms with E-state index in [1.165, 1.54) is 12.8 Å². The lowest BCUT2D eigenvalue weighted by molar-refractivity contribution is 0.0953. The lowest BCUT2D eigenvalue weighted by Crippen LogP contribution is -2.27. The van der Waals surface area contributed by atoms with Crippen molar-refractivity contribution in [3.8, 4) is 6.07 Å². The molecule has 4 nitrogen and oxygen atoms in total. The van der Waals surface area contributed by atoms with Gasteiger partial charge in [0.1, 0.15) is 0 Å². The molecule has 1 fully saturated rings. The molecule has 0 unspecified atom stereocenters. The summed E-state index contributed by atoms with van der Waals surface area (Å²) in [4.78, 5) is 11.7. The van der Waals surface area contributed by atoms with Gasteiger partial charge in [0.15, 0.2) is 0 Å². The van der Waals surface area contributed by atoms with Crippen LogP contribution >= 0.6 is 0 Å². The van der Waals surface area contributed by atoms with Crippen LogP contribution in [0.2, 0.25) is 0 Å². The maximum Gasteiger partial charge on any atom is 0.251 e. The first kappa shape index (κ1) is 12.6. The Morgan fingerprint density at radius 2 is 2.00 bits per heavy atom. The number of amides is 1. The Labute approximate surface area is 107 Å². The molecule has 0 spiro atoms. The van der Waals surface area contributed by atoms with Crippen molar-refractivity contribution in [1.29, 1.82) is 5.26 Å². The first-order valence-electron chi connectivity index (χ1n) is 6.31. The molecule has 1 aliphatic carbocycles. The van der Waals surface area contributed by atoms with Gasteiger partial charge in [0.25, 0.3) is 5.91 Å². The van der Waals surface area contributed by atoms with Crippen LogP contribution < -0.4 is 10.6 Å². The highest BCUT2D eigenvalue weighted by atomic mass is 16.1. The number of nitrogens with zero attached hydrogens (tertiary/aromatic N) is 1. The summed E-state index contributed by atoms with van der Waals surface area (Å²) in [7, 11) is 0. The minimum absolute atomic E-state index is 0.0779. The third-order valence-corrected chi connectivity index (χ3v) is 2.93. The number of nitriles is 1. The van der Waals surface area contributed by atoms with E-state index in [2.05, 4.69) is 10.6 Å². The van der Waals surface area contributed by atoms with Crippen molar-refractivity contribution in [3.05, 3.63) is 35.4 Å². The van der Waals surface area contributed by atoms with Crippen LogP contribution in [-0.2, 0) is 0 Å². The van der Waals surface area contributed by atoms with Gasteiger partial charge in [-0.3, -0.25) is 4.79 Å². The molecule has 1 aromatic carbocycles. The molecule has 94 valence electrons. The van der Waals surface area contributed by atoms with E-state index in [9.17, 15) is 4.79 Å². The van der Waals surface area contributed by atoms with Crippen LogP contribution in [0.15, 0.2) is 24.3 Å². The van der Waals surface area contributed by atoms with E-state index in [4.69, 9.17) is 5.26 Å². The average molecular weight is 243 g/mol. The molecule has 2 N–H and O–H groups in total. The van der Waals surface area contributed by atoms with E-state index in [1.807, 2.05) is 6.07 Å². The van der Waals surface area contributed by atoms with E-state index >= 15 is 0 Å². The molecule has 0 aromatic heterocycles. The normalized spacial score (nSPS) is 13.9. The zero-order valence-electron chi connectivity index (χ0n) is 10.3. The lowest BCUT2D eigenvalue weighted by Gasteiger charge is -2.06. The first-order chi connectivity index (χ1) is 8.79. The summed E-state index contributed by atoms with van der Waals surface area (Å²) in [6.07, 6.45) is 3.52.